The molecule has 1 unspecified atom stereocenters. The predicted molar refractivity (Wildman–Crippen MR) is 67.4 cm³/mol. The minimum Gasteiger partial charge on any atom is -0.352 e. The topological polar surface area (TPSA) is 80.0 Å². The molecule has 19 heavy (non-hydrogen) atoms. The van der Waals surface area contributed by atoms with Gasteiger partial charge in [0.1, 0.15) is 0 Å². The van der Waals surface area contributed by atoms with E-state index >= 15 is 0 Å². The summed E-state index contributed by atoms with van der Waals surface area (Å²) in [6.45, 7) is 0.762. The highest BCUT2D eigenvalue weighted by atomic mass is 16.5. The van der Waals surface area contributed by atoms with E-state index in [4.69, 9.17) is 4.52 Å². The first-order chi connectivity index (χ1) is 9.28. The molecule has 0 saturated carbocycles. The van der Waals surface area contributed by atoms with Crippen molar-refractivity contribution in [3.05, 3.63) is 47.1 Å². The number of hydrogen-bond donors (Lipinski definition) is 2. The molecule has 3 rings (SSSR count). The minimum atomic E-state index is -0.341. The van der Waals surface area contributed by atoms with Crippen molar-refractivity contribution in [3.8, 4) is 0 Å². The summed E-state index contributed by atoms with van der Waals surface area (Å²) in [6.07, 6.45) is 0.783. The van der Waals surface area contributed by atoms with E-state index in [9.17, 15) is 4.79 Å². The summed E-state index contributed by atoms with van der Waals surface area (Å²) >= 11 is 0. The standard InChI is InChI=1S/C13H14N4O2/c1-14-12(18)11-16-13(19-17-11)10-6-8-4-2-3-5-9(8)7-15-10/h2-5,10,15H,6-7H2,1H3,(H,14,18). The summed E-state index contributed by atoms with van der Waals surface area (Å²) in [5, 5.41) is 9.48. The van der Waals surface area contributed by atoms with Gasteiger partial charge in [0.05, 0.1) is 6.04 Å². The van der Waals surface area contributed by atoms with Crippen LogP contribution in [0.5, 0.6) is 0 Å². The number of amides is 1. The van der Waals surface area contributed by atoms with Gasteiger partial charge in [-0.15, -0.1) is 0 Å². The van der Waals surface area contributed by atoms with Crippen LogP contribution in [0.3, 0.4) is 0 Å². The summed E-state index contributed by atoms with van der Waals surface area (Å²) in [6, 6.07) is 8.20. The molecule has 6 heteroatoms. The molecule has 1 aliphatic rings. The van der Waals surface area contributed by atoms with E-state index in [1.54, 1.807) is 0 Å². The van der Waals surface area contributed by atoms with Gasteiger partial charge in [-0.05, 0) is 17.5 Å². The molecule has 0 saturated heterocycles. The quantitative estimate of drug-likeness (QED) is 0.833. The Labute approximate surface area is 110 Å². The molecular weight excluding hydrogens is 244 g/mol. The summed E-state index contributed by atoms with van der Waals surface area (Å²) in [7, 11) is 1.54. The highest BCUT2D eigenvalue weighted by molar-refractivity contribution is 5.89. The fourth-order valence-electron chi connectivity index (χ4n) is 2.21. The molecule has 1 aromatic carbocycles. The zero-order valence-corrected chi connectivity index (χ0v) is 10.5. The Balaban J connectivity index is 1.81. The van der Waals surface area contributed by atoms with Crippen molar-refractivity contribution in [1.29, 1.82) is 0 Å². The fourth-order valence-corrected chi connectivity index (χ4v) is 2.21. The van der Waals surface area contributed by atoms with Gasteiger partial charge in [-0.1, -0.05) is 29.4 Å². The van der Waals surface area contributed by atoms with Crippen LogP contribution in [0, 0.1) is 0 Å². The van der Waals surface area contributed by atoms with Crippen molar-refractivity contribution >= 4 is 5.91 Å². The smallest absolute Gasteiger partial charge is 0.292 e. The van der Waals surface area contributed by atoms with Crippen LogP contribution in [0.25, 0.3) is 0 Å². The number of nitrogens with zero attached hydrogens (tertiary/aromatic N) is 2. The normalized spacial score (nSPS) is 17.8. The van der Waals surface area contributed by atoms with Gasteiger partial charge in [0, 0.05) is 13.6 Å². The first-order valence-corrected chi connectivity index (χ1v) is 6.14. The van der Waals surface area contributed by atoms with E-state index in [1.165, 1.54) is 18.2 Å². The van der Waals surface area contributed by atoms with Crippen LogP contribution < -0.4 is 10.6 Å². The molecule has 0 aliphatic carbocycles. The van der Waals surface area contributed by atoms with E-state index in [1.807, 2.05) is 12.1 Å². The molecule has 1 aromatic heterocycles. The van der Waals surface area contributed by atoms with Crippen LogP contribution >= 0.6 is 0 Å². The maximum Gasteiger partial charge on any atom is 0.292 e. The van der Waals surface area contributed by atoms with Crippen LogP contribution in [0.15, 0.2) is 28.8 Å². The Morgan fingerprint density at radius 3 is 3.00 bits per heavy atom. The van der Waals surface area contributed by atoms with Gasteiger partial charge < -0.3 is 15.2 Å². The first kappa shape index (κ1) is 11.9. The highest BCUT2D eigenvalue weighted by Crippen LogP contribution is 2.24. The summed E-state index contributed by atoms with van der Waals surface area (Å²) in [4.78, 5) is 15.5. The van der Waals surface area contributed by atoms with Crippen molar-refractivity contribution in [3.63, 3.8) is 0 Å². The van der Waals surface area contributed by atoms with Gasteiger partial charge in [0.2, 0.25) is 5.89 Å². The van der Waals surface area contributed by atoms with Crippen molar-refractivity contribution in [2.45, 2.75) is 19.0 Å². The molecule has 2 heterocycles. The number of hydrogen-bond acceptors (Lipinski definition) is 5. The maximum absolute atomic E-state index is 11.4. The molecule has 0 radical (unpaired) electrons. The lowest BCUT2D eigenvalue weighted by molar-refractivity contribution is 0.0950. The van der Waals surface area contributed by atoms with Crippen LogP contribution in [0.1, 0.15) is 33.7 Å². The third-order valence-corrected chi connectivity index (χ3v) is 3.25. The van der Waals surface area contributed by atoms with Gasteiger partial charge in [-0.3, -0.25) is 4.79 Å². The SMILES string of the molecule is CNC(=O)c1noc(C2Cc3ccccc3CN2)n1. The zero-order valence-electron chi connectivity index (χ0n) is 10.5. The Morgan fingerprint density at radius 2 is 2.21 bits per heavy atom. The van der Waals surface area contributed by atoms with Crippen molar-refractivity contribution in [2.75, 3.05) is 7.05 Å². The van der Waals surface area contributed by atoms with Crippen molar-refractivity contribution < 1.29 is 9.32 Å². The van der Waals surface area contributed by atoms with E-state index in [-0.39, 0.29) is 17.8 Å². The van der Waals surface area contributed by atoms with Crippen molar-refractivity contribution in [1.82, 2.24) is 20.8 Å². The minimum absolute atomic E-state index is 0.0409. The van der Waals surface area contributed by atoms with Crippen LogP contribution in [0.2, 0.25) is 0 Å². The molecule has 2 N–H and O–H groups in total. The molecule has 2 aromatic rings. The number of carbonyl (C=O) groups is 1. The number of benzene rings is 1. The number of carbonyl (C=O) groups excluding carboxylic acids is 1. The average Bonchev–Trinajstić information content (AvgIpc) is 2.95. The molecule has 1 amide bonds. The van der Waals surface area contributed by atoms with E-state index in [0.717, 1.165) is 13.0 Å². The molecule has 0 bridgehead atoms. The van der Waals surface area contributed by atoms with Crippen LogP contribution in [-0.2, 0) is 13.0 Å². The lowest BCUT2D eigenvalue weighted by Gasteiger charge is -2.23. The molecule has 98 valence electrons. The van der Waals surface area contributed by atoms with Gasteiger partial charge in [-0.25, -0.2) is 0 Å². The summed E-state index contributed by atoms with van der Waals surface area (Å²) in [5.41, 5.74) is 2.55. The van der Waals surface area contributed by atoms with E-state index in [2.05, 4.69) is 32.9 Å². The lowest BCUT2D eigenvalue weighted by Crippen LogP contribution is -2.29. The molecule has 0 fully saturated rings. The molecule has 1 atom stereocenters. The summed E-state index contributed by atoms with van der Waals surface area (Å²) < 4.78 is 5.16. The molecule has 6 nitrogen and oxygen atoms in total. The average molecular weight is 258 g/mol. The van der Waals surface area contributed by atoms with Gasteiger partial charge >= 0.3 is 0 Å². The number of fused-ring (bicyclic) bond motifs is 1. The number of rotatable bonds is 2. The third-order valence-electron chi connectivity index (χ3n) is 3.25. The monoisotopic (exact) mass is 258 g/mol. The molecular formula is C13H14N4O2. The highest BCUT2D eigenvalue weighted by Gasteiger charge is 2.25. The van der Waals surface area contributed by atoms with Crippen LogP contribution in [0.4, 0.5) is 0 Å². The summed E-state index contributed by atoms with van der Waals surface area (Å²) in [5.74, 6) is 0.178. The fraction of sp³-hybridized carbons (Fsp3) is 0.308. The van der Waals surface area contributed by atoms with Crippen molar-refractivity contribution in [2.24, 2.45) is 0 Å². The molecule has 0 spiro atoms. The number of aromatic nitrogens is 2. The first-order valence-electron chi connectivity index (χ1n) is 6.14. The Hall–Kier alpha value is -2.21. The van der Waals surface area contributed by atoms with E-state index < -0.39 is 0 Å². The third kappa shape index (κ3) is 2.22. The maximum atomic E-state index is 11.4. The second-order valence-corrected chi connectivity index (χ2v) is 4.44. The Kier molecular flexibility index (Phi) is 3.00. The van der Waals surface area contributed by atoms with E-state index in [0.29, 0.717) is 5.89 Å². The van der Waals surface area contributed by atoms with Crippen LogP contribution in [-0.4, -0.2) is 23.1 Å². The molecule has 1 aliphatic heterocycles. The second-order valence-electron chi connectivity index (χ2n) is 4.44. The largest absolute Gasteiger partial charge is 0.352 e. The van der Waals surface area contributed by atoms with Gasteiger partial charge in [0.15, 0.2) is 0 Å². The Bertz CT molecular complexity index is 608. The lowest BCUT2D eigenvalue weighted by atomic mass is 9.96. The van der Waals surface area contributed by atoms with Gasteiger partial charge in [-0.2, -0.15) is 4.98 Å². The predicted octanol–water partition coefficient (Wildman–Crippen LogP) is 0.816. The zero-order chi connectivity index (χ0) is 13.2. The Morgan fingerprint density at radius 1 is 1.42 bits per heavy atom. The number of nitrogens with one attached hydrogen (secondary N) is 2. The van der Waals surface area contributed by atoms with Gasteiger partial charge in [0.25, 0.3) is 11.7 Å². The second kappa shape index (κ2) is 4.81.